The summed E-state index contributed by atoms with van der Waals surface area (Å²) in [5.41, 5.74) is 0.561. The lowest BCUT2D eigenvalue weighted by molar-refractivity contribution is -0.0546. The fourth-order valence-corrected chi connectivity index (χ4v) is 5.58. The van der Waals surface area contributed by atoms with Gasteiger partial charge in [-0.2, -0.15) is 8.78 Å². The molecule has 3 rings (SSSR count). The lowest BCUT2D eigenvalue weighted by Gasteiger charge is -2.32. The van der Waals surface area contributed by atoms with Crippen LogP contribution in [0.4, 0.5) is 17.6 Å². The van der Waals surface area contributed by atoms with E-state index in [9.17, 15) is 17.6 Å². The van der Waals surface area contributed by atoms with Crippen molar-refractivity contribution in [3.8, 4) is 5.75 Å². The molecule has 0 aromatic heterocycles. The van der Waals surface area contributed by atoms with Gasteiger partial charge in [0.2, 0.25) is 0 Å². The molecule has 2 saturated carbocycles. The van der Waals surface area contributed by atoms with Crippen LogP contribution >= 0.6 is 0 Å². The van der Waals surface area contributed by atoms with Crippen LogP contribution in [0.5, 0.6) is 5.75 Å². The van der Waals surface area contributed by atoms with Crippen LogP contribution in [0.3, 0.4) is 0 Å². The van der Waals surface area contributed by atoms with Gasteiger partial charge in [0.1, 0.15) is 0 Å². The van der Waals surface area contributed by atoms with Crippen LogP contribution in [-0.2, 0) is 0 Å². The average Bonchev–Trinajstić information content (AvgIpc) is 2.76. The zero-order valence-electron chi connectivity index (χ0n) is 18.6. The summed E-state index contributed by atoms with van der Waals surface area (Å²) in [7, 11) is 0. The fourth-order valence-electron chi connectivity index (χ4n) is 5.58. The lowest BCUT2D eigenvalue weighted by Crippen LogP contribution is -2.18. The summed E-state index contributed by atoms with van der Waals surface area (Å²) < 4.78 is 56.7. The van der Waals surface area contributed by atoms with Gasteiger partial charge in [-0.05, 0) is 86.8 Å². The molecule has 0 N–H and O–H groups in total. The highest BCUT2D eigenvalue weighted by Crippen LogP contribution is 2.41. The van der Waals surface area contributed by atoms with Crippen LogP contribution in [-0.4, -0.2) is 6.61 Å². The van der Waals surface area contributed by atoms with Crippen molar-refractivity contribution >= 4 is 0 Å². The fraction of sp³-hybridized carbons (Fsp3) is 0.692. The smallest absolute Gasteiger partial charge is 0.387 e. The Bertz CT molecular complexity index is 678. The Balaban J connectivity index is 1.39. The first kappa shape index (κ1) is 24.1. The first-order chi connectivity index (χ1) is 15.0. The largest absolute Gasteiger partial charge is 0.429 e. The quantitative estimate of drug-likeness (QED) is 0.275. The number of halogens is 4. The van der Waals surface area contributed by atoms with E-state index in [0.29, 0.717) is 11.5 Å². The summed E-state index contributed by atoms with van der Waals surface area (Å²) in [5.74, 6) is -0.517. The van der Waals surface area contributed by atoms with Gasteiger partial charge < -0.3 is 4.74 Å². The predicted octanol–water partition coefficient (Wildman–Crippen LogP) is 8.78. The predicted molar refractivity (Wildman–Crippen MR) is 116 cm³/mol. The third-order valence-corrected chi connectivity index (χ3v) is 7.47. The van der Waals surface area contributed by atoms with Gasteiger partial charge in [0.25, 0.3) is 0 Å². The zero-order chi connectivity index (χ0) is 22.2. The average molecular weight is 441 g/mol. The number of ether oxygens (including phenoxy) is 1. The molecular weight excluding hydrogens is 404 g/mol. The van der Waals surface area contributed by atoms with Crippen molar-refractivity contribution in [3.05, 3.63) is 41.5 Å². The van der Waals surface area contributed by atoms with Crippen molar-refractivity contribution in [1.29, 1.82) is 0 Å². The van der Waals surface area contributed by atoms with Crippen LogP contribution < -0.4 is 4.74 Å². The van der Waals surface area contributed by atoms with Crippen molar-refractivity contribution in [2.45, 2.75) is 96.5 Å². The molecule has 0 saturated heterocycles. The van der Waals surface area contributed by atoms with Gasteiger partial charge in [-0.3, -0.25) is 0 Å². The third-order valence-electron chi connectivity index (χ3n) is 7.47. The molecule has 0 unspecified atom stereocenters. The molecule has 2 aliphatic carbocycles. The molecule has 0 heterocycles. The van der Waals surface area contributed by atoms with Crippen molar-refractivity contribution in [1.82, 2.24) is 0 Å². The summed E-state index contributed by atoms with van der Waals surface area (Å²) in [6.07, 6.45) is 18.9. The second kappa shape index (κ2) is 11.9. The van der Waals surface area contributed by atoms with Gasteiger partial charge in [-0.25, -0.2) is 8.78 Å². The first-order valence-electron chi connectivity index (χ1n) is 12.0. The second-order valence-electron chi connectivity index (χ2n) is 9.52. The first-order valence-corrected chi connectivity index (χ1v) is 12.0. The molecule has 1 aromatic rings. The summed E-state index contributed by atoms with van der Waals surface area (Å²) in [5, 5.41) is 0. The molecule has 31 heavy (non-hydrogen) atoms. The molecule has 0 bridgehead atoms. The number of benzene rings is 1. The van der Waals surface area contributed by atoms with E-state index in [1.807, 2.05) is 0 Å². The van der Waals surface area contributed by atoms with E-state index in [1.165, 1.54) is 63.5 Å². The molecule has 1 aromatic carbocycles. The van der Waals surface area contributed by atoms with Crippen molar-refractivity contribution in [2.24, 2.45) is 17.8 Å². The van der Waals surface area contributed by atoms with Gasteiger partial charge in [-0.15, -0.1) is 0 Å². The van der Waals surface area contributed by atoms with E-state index in [2.05, 4.69) is 23.8 Å². The lowest BCUT2D eigenvalue weighted by atomic mass is 9.74. The topological polar surface area (TPSA) is 9.23 Å². The van der Waals surface area contributed by atoms with E-state index in [-0.39, 0.29) is 5.92 Å². The Morgan fingerprint density at radius 2 is 1.32 bits per heavy atom. The van der Waals surface area contributed by atoms with Gasteiger partial charge in [0.05, 0.1) is 0 Å². The number of hydrogen-bond donors (Lipinski definition) is 0. The second-order valence-corrected chi connectivity index (χ2v) is 9.52. The van der Waals surface area contributed by atoms with Crippen molar-refractivity contribution < 1.29 is 22.3 Å². The highest BCUT2D eigenvalue weighted by molar-refractivity contribution is 5.33. The summed E-state index contributed by atoms with van der Waals surface area (Å²) in [6, 6.07) is 2.33. The van der Waals surface area contributed by atoms with Crippen LogP contribution in [0, 0.1) is 29.4 Å². The molecule has 174 valence electrons. The molecule has 0 radical (unpaired) electrons. The van der Waals surface area contributed by atoms with Crippen LogP contribution in [0.1, 0.15) is 95.5 Å². The van der Waals surface area contributed by atoms with E-state index in [0.717, 1.165) is 37.5 Å². The van der Waals surface area contributed by atoms with E-state index >= 15 is 0 Å². The van der Waals surface area contributed by atoms with Crippen molar-refractivity contribution in [3.63, 3.8) is 0 Å². The van der Waals surface area contributed by atoms with Crippen LogP contribution in [0.2, 0.25) is 0 Å². The standard InChI is InChI=1S/C26H36F4O/c1-2-3-4-5-18-6-8-19(9-7-18)10-11-20-12-14-21(15-13-20)22-16-23(27)25(24(28)17-22)31-26(29)30/h2-3,16-21,26H,4-15H2,1H3/b3-2+/t18-,19-,20-,21-. The van der Waals surface area contributed by atoms with Gasteiger partial charge in [0.15, 0.2) is 17.4 Å². The zero-order valence-corrected chi connectivity index (χ0v) is 18.6. The molecule has 2 aliphatic rings. The van der Waals surface area contributed by atoms with E-state index in [1.54, 1.807) is 0 Å². The minimum absolute atomic E-state index is 0.0912. The number of allylic oxidation sites excluding steroid dienone is 2. The van der Waals surface area contributed by atoms with Crippen molar-refractivity contribution in [2.75, 3.05) is 0 Å². The number of hydrogen-bond acceptors (Lipinski definition) is 1. The Morgan fingerprint density at radius 3 is 1.81 bits per heavy atom. The molecule has 0 aliphatic heterocycles. The minimum Gasteiger partial charge on any atom is -0.429 e. The minimum atomic E-state index is -3.24. The monoisotopic (exact) mass is 440 g/mol. The number of alkyl halides is 2. The third kappa shape index (κ3) is 7.25. The van der Waals surface area contributed by atoms with Gasteiger partial charge in [0, 0.05) is 0 Å². The molecule has 5 heteroatoms. The Kier molecular flexibility index (Phi) is 9.28. The maximum absolute atomic E-state index is 14.0. The van der Waals surface area contributed by atoms with E-state index < -0.39 is 24.0 Å². The maximum atomic E-state index is 14.0. The summed E-state index contributed by atoms with van der Waals surface area (Å²) >= 11 is 0. The van der Waals surface area contributed by atoms with Gasteiger partial charge in [-0.1, -0.05) is 50.7 Å². The van der Waals surface area contributed by atoms with Crippen LogP contribution in [0.15, 0.2) is 24.3 Å². The Labute approximate surface area is 184 Å². The number of rotatable bonds is 9. The Morgan fingerprint density at radius 1 is 0.839 bits per heavy atom. The Hall–Kier alpha value is -1.52. The summed E-state index contributed by atoms with van der Waals surface area (Å²) in [6.45, 7) is -1.15. The SMILES string of the molecule is C/C=C/CC[C@H]1CC[C@H](CC[C@H]2CC[C@H](c3cc(F)c(OC(F)F)c(F)c3)CC2)CC1. The molecule has 0 spiro atoms. The molecule has 2 fully saturated rings. The molecule has 0 amide bonds. The summed E-state index contributed by atoms with van der Waals surface area (Å²) in [4.78, 5) is 0. The molecule has 1 nitrogen and oxygen atoms in total. The maximum Gasteiger partial charge on any atom is 0.387 e. The highest BCUT2D eigenvalue weighted by atomic mass is 19.3. The molecule has 0 atom stereocenters. The molecular formula is C26H36F4O. The highest BCUT2D eigenvalue weighted by Gasteiger charge is 2.27. The normalized spacial score (nSPS) is 27.2. The van der Waals surface area contributed by atoms with Gasteiger partial charge >= 0.3 is 6.61 Å². The van der Waals surface area contributed by atoms with Crippen LogP contribution in [0.25, 0.3) is 0 Å². The van der Waals surface area contributed by atoms with E-state index in [4.69, 9.17) is 0 Å².